The Morgan fingerprint density at radius 3 is 2.16 bits per heavy atom. The second-order valence-corrected chi connectivity index (χ2v) is 8.79. The van der Waals surface area contributed by atoms with Gasteiger partial charge in [0.25, 0.3) is 0 Å². The molecule has 0 radical (unpaired) electrons. The summed E-state index contributed by atoms with van der Waals surface area (Å²) < 4.78 is 23.1. The van der Waals surface area contributed by atoms with Crippen LogP contribution in [0.2, 0.25) is 10.0 Å². The minimum absolute atomic E-state index is 0.0709. The lowest BCUT2D eigenvalue weighted by atomic mass is 10.1. The fraction of sp³-hybridized carbons (Fsp3) is 0.240. The maximum Gasteiger partial charge on any atom is 0.359 e. The third kappa shape index (κ3) is 5.99. The minimum Gasteiger partial charge on any atom is -0.464 e. The third-order valence-corrected chi connectivity index (χ3v) is 6.11. The Balaban J connectivity index is 1.54. The number of esters is 3. The average Bonchev–Trinajstić information content (AvgIpc) is 3.51. The van der Waals surface area contributed by atoms with Crippen LogP contribution in [0, 0.1) is 0 Å². The molecule has 1 fully saturated rings. The molecule has 0 amide bonds. The van der Waals surface area contributed by atoms with E-state index in [1.807, 2.05) is 0 Å². The molecule has 37 heavy (non-hydrogen) atoms. The van der Waals surface area contributed by atoms with Gasteiger partial charge in [-0.15, -0.1) is 0 Å². The van der Waals surface area contributed by atoms with Crippen LogP contribution in [0.15, 0.2) is 54.9 Å². The van der Waals surface area contributed by atoms with E-state index in [0.717, 1.165) is 0 Å². The summed E-state index contributed by atoms with van der Waals surface area (Å²) in [5.41, 5.74) is 0.273. The van der Waals surface area contributed by atoms with E-state index in [1.165, 1.54) is 42.3 Å². The molecule has 3 atom stereocenters. The quantitative estimate of drug-likeness (QED) is 0.232. The van der Waals surface area contributed by atoms with Crippen molar-refractivity contribution in [2.75, 3.05) is 13.7 Å². The number of aldehydes is 1. The first-order valence-corrected chi connectivity index (χ1v) is 11.7. The first kappa shape index (κ1) is 26.3. The van der Waals surface area contributed by atoms with Crippen LogP contribution in [0.3, 0.4) is 0 Å². The molecular formula is C25H20Cl2N2O8. The molecule has 2 heterocycles. The van der Waals surface area contributed by atoms with E-state index in [2.05, 4.69) is 9.72 Å². The number of nitrogens with zero attached hydrogens (tertiary/aromatic N) is 2. The zero-order chi connectivity index (χ0) is 26.5. The van der Waals surface area contributed by atoms with Gasteiger partial charge in [0.15, 0.2) is 12.0 Å². The first-order valence-electron chi connectivity index (χ1n) is 11.0. The maximum atomic E-state index is 12.8. The molecule has 1 aromatic heterocycles. The maximum absolute atomic E-state index is 12.8. The summed E-state index contributed by atoms with van der Waals surface area (Å²) in [7, 11) is 1.17. The average molecular weight is 547 g/mol. The highest BCUT2D eigenvalue weighted by Gasteiger charge is 2.41. The van der Waals surface area contributed by atoms with Gasteiger partial charge in [-0.3, -0.25) is 4.79 Å². The van der Waals surface area contributed by atoms with Crippen molar-refractivity contribution in [1.29, 1.82) is 0 Å². The van der Waals surface area contributed by atoms with E-state index in [4.69, 9.17) is 37.4 Å². The fourth-order valence-electron chi connectivity index (χ4n) is 3.73. The molecule has 0 aliphatic carbocycles. The molecule has 4 rings (SSSR count). The number of aromatic nitrogens is 2. The third-order valence-electron chi connectivity index (χ3n) is 5.61. The lowest BCUT2D eigenvalue weighted by Gasteiger charge is -2.19. The number of halogens is 2. The van der Waals surface area contributed by atoms with Crippen molar-refractivity contribution in [2.45, 2.75) is 24.9 Å². The predicted octanol–water partition coefficient (Wildman–Crippen LogP) is 4.16. The van der Waals surface area contributed by atoms with E-state index in [0.29, 0.717) is 16.3 Å². The van der Waals surface area contributed by atoms with Crippen LogP contribution in [-0.4, -0.2) is 59.7 Å². The van der Waals surface area contributed by atoms with Crippen LogP contribution in [0.1, 0.15) is 54.3 Å². The van der Waals surface area contributed by atoms with Gasteiger partial charge in [0, 0.05) is 16.5 Å². The summed E-state index contributed by atoms with van der Waals surface area (Å²) in [5.74, 6) is -2.06. The Morgan fingerprint density at radius 1 is 1.00 bits per heavy atom. The lowest BCUT2D eigenvalue weighted by molar-refractivity contribution is -0.0573. The Morgan fingerprint density at radius 2 is 1.59 bits per heavy atom. The molecule has 0 bridgehead atoms. The van der Waals surface area contributed by atoms with Gasteiger partial charge < -0.3 is 23.5 Å². The van der Waals surface area contributed by atoms with Crippen LogP contribution in [0.4, 0.5) is 0 Å². The lowest BCUT2D eigenvalue weighted by Crippen LogP contribution is -2.32. The van der Waals surface area contributed by atoms with Gasteiger partial charge in [0.2, 0.25) is 0 Å². The Kier molecular flexibility index (Phi) is 8.22. The second kappa shape index (κ2) is 11.5. The van der Waals surface area contributed by atoms with Crippen molar-refractivity contribution < 1.29 is 38.1 Å². The molecule has 1 saturated heterocycles. The van der Waals surface area contributed by atoms with Gasteiger partial charge in [-0.2, -0.15) is 0 Å². The summed E-state index contributed by atoms with van der Waals surface area (Å²) in [4.78, 5) is 52.9. The van der Waals surface area contributed by atoms with Crippen LogP contribution in [0.25, 0.3) is 0 Å². The van der Waals surface area contributed by atoms with Crippen molar-refractivity contribution >= 4 is 47.4 Å². The molecule has 2 aromatic carbocycles. The van der Waals surface area contributed by atoms with Crippen LogP contribution >= 0.6 is 23.2 Å². The van der Waals surface area contributed by atoms with E-state index >= 15 is 0 Å². The molecule has 2 unspecified atom stereocenters. The van der Waals surface area contributed by atoms with Gasteiger partial charge in [0.05, 0.1) is 24.6 Å². The molecule has 1 aliphatic rings. The van der Waals surface area contributed by atoms with Gasteiger partial charge in [-0.25, -0.2) is 19.4 Å². The highest BCUT2D eigenvalue weighted by atomic mass is 35.5. The normalized spacial score (nSPS) is 18.7. The standard InChI is InChI=1S/C25H20Cl2N2O8/c1-34-25(33)22-18(11-30)29(13-28-22)21-10-19(37-24(32)15-4-8-17(27)9-5-15)20(36-21)12-35-23(31)14-2-6-16(26)7-3-14/h2-9,11,13,19-21H,10,12H2,1H3/t19-,20?,21?/m1/s1. The summed E-state index contributed by atoms with van der Waals surface area (Å²) in [5, 5.41) is 0.918. The zero-order valence-corrected chi connectivity index (χ0v) is 20.8. The van der Waals surface area contributed by atoms with E-state index in [9.17, 15) is 19.2 Å². The number of ether oxygens (including phenoxy) is 4. The number of rotatable bonds is 8. The minimum atomic E-state index is -0.888. The number of benzene rings is 2. The molecule has 0 spiro atoms. The highest BCUT2D eigenvalue weighted by Crippen LogP contribution is 2.33. The Labute approximate surface area is 221 Å². The monoisotopic (exact) mass is 546 g/mol. The predicted molar refractivity (Wildman–Crippen MR) is 130 cm³/mol. The Bertz CT molecular complexity index is 1310. The molecule has 0 saturated carbocycles. The fourth-order valence-corrected chi connectivity index (χ4v) is 3.99. The van der Waals surface area contributed by atoms with Crippen molar-refractivity contribution in [3.05, 3.63) is 87.4 Å². The van der Waals surface area contributed by atoms with E-state index in [-0.39, 0.29) is 35.5 Å². The Hall–Kier alpha value is -3.73. The van der Waals surface area contributed by atoms with Crippen LogP contribution < -0.4 is 0 Å². The summed E-state index contributed by atoms with van der Waals surface area (Å²) in [6.07, 6.45) is -0.823. The molecule has 192 valence electrons. The summed E-state index contributed by atoms with van der Waals surface area (Å²) >= 11 is 11.8. The number of carbonyl (C=O) groups excluding carboxylic acids is 4. The highest BCUT2D eigenvalue weighted by molar-refractivity contribution is 6.31. The first-order chi connectivity index (χ1) is 17.8. The molecule has 3 aromatic rings. The van der Waals surface area contributed by atoms with Gasteiger partial charge in [0.1, 0.15) is 30.7 Å². The second-order valence-electron chi connectivity index (χ2n) is 7.92. The SMILES string of the molecule is COC(=O)c1ncn(C2C[C@@H](OC(=O)c3ccc(Cl)cc3)C(COC(=O)c3ccc(Cl)cc3)O2)c1C=O. The van der Waals surface area contributed by atoms with E-state index in [1.54, 1.807) is 24.3 Å². The molecular weight excluding hydrogens is 527 g/mol. The number of hydrogen-bond acceptors (Lipinski definition) is 9. The van der Waals surface area contributed by atoms with Crippen molar-refractivity contribution in [2.24, 2.45) is 0 Å². The molecule has 1 aliphatic heterocycles. The van der Waals surface area contributed by atoms with Gasteiger partial charge >= 0.3 is 17.9 Å². The zero-order valence-electron chi connectivity index (χ0n) is 19.3. The smallest absolute Gasteiger partial charge is 0.359 e. The van der Waals surface area contributed by atoms with Gasteiger partial charge in [-0.05, 0) is 48.5 Å². The molecule has 10 nitrogen and oxygen atoms in total. The largest absolute Gasteiger partial charge is 0.464 e. The topological polar surface area (TPSA) is 123 Å². The van der Waals surface area contributed by atoms with E-state index < -0.39 is 36.3 Å². The number of hydrogen-bond donors (Lipinski definition) is 0. The van der Waals surface area contributed by atoms with Crippen molar-refractivity contribution in [3.8, 4) is 0 Å². The summed E-state index contributed by atoms with van der Waals surface area (Å²) in [6, 6.07) is 12.2. The summed E-state index contributed by atoms with van der Waals surface area (Å²) in [6.45, 7) is -0.258. The number of imidazole rings is 1. The number of carbonyl (C=O) groups is 4. The number of methoxy groups -OCH3 is 1. The van der Waals surface area contributed by atoms with Gasteiger partial charge in [-0.1, -0.05) is 23.2 Å². The molecule has 12 heteroatoms. The molecule has 0 N–H and O–H groups in total. The van der Waals surface area contributed by atoms with Crippen LogP contribution in [0.5, 0.6) is 0 Å². The van der Waals surface area contributed by atoms with Crippen molar-refractivity contribution in [3.63, 3.8) is 0 Å². The van der Waals surface area contributed by atoms with Crippen molar-refractivity contribution in [1.82, 2.24) is 9.55 Å². The van der Waals surface area contributed by atoms with Crippen LogP contribution in [-0.2, 0) is 18.9 Å².